The average Bonchev–Trinajstić information content (AvgIpc) is 2.01. The fourth-order valence-corrected chi connectivity index (χ4v) is 0.143. The summed E-state index contributed by atoms with van der Waals surface area (Å²) in [7, 11) is 0. The molecule has 0 bridgehead atoms. The third kappa shape index (κ3) is 23.5. The lowest BCUT2D eigenvalue weighted by atomic mass is 10.5. The Balaban J connectivity index is 0. The van der Waals surface area contributed by atoms with E-state index in [1.54, 1.807) is 0 Å². The predicted octanol–water partition coefficient (Wildman–Crippen LogP) is -1.32. The van der Waals surface area contributed by atoms with Gasteiger partial charge in [-0.15, -0.1) is 0 Å². The first-order valence-electron chi connectivity index (χ1n) is 2.90. The first-order chi connectivity index (χ1) is 5.54. The molecule has 6 heteroatoms. The fourth-order valence-electron chi connectivity index (χ4n) is 0.143. The van der Waals surface area contributed by atoms with Crippen molar-refractivity contribution in [3.8, 4) is 0 Å². The van der Waals surface area contributed by atoms with Gasteiger partial charge < -0.3 is 20.4 Å². The summed E-state index contributed by atoms with van der Waals surface area (Å²) < 4.78 is 0. The van der Waals surface area contributed by atoms with Crippen LogP contribution < -0.4 is 0 Å². The van der Waals surface area contributed by atoms with Gasteiger partial charge in [-0.05, 0) is 0 Å². The number of hydrogen-bond donors (Lipinski definition) is 4. The van der Waals surface area contributed by atoms with E-state index in [-0.39, 0.29) is 13.2 Å². The van der Waals surface area contributed by atoms with Crippen LogP contribution in [0.15, 0.2) is 12.2 Å². The minimum absolute atomic E-state index is 0.125. The maximum atomic E-state index is 9.55. The summed E-state index contributed by atoms with van der Waals surface area (Å²) in [5, 5.41) is 30.9. The maximum absolute atomic E-state index is 9.55. The van der Waals surface area contributed by atoms with Gasteiger partial charge in [-0.2, -0.15) is 0 Å². The van der Waals surface area contributed by atoms with Crippen LogP contribution in [0, 0.1) is 0 Å². The molecule has 70 valence electrons. The highest BCUT2D eigenvalue weighted by Crippen LogP contribution is 1.70. The predicted molar refractivity (Wildman–Crippen MR) is 38.6 cm³/mol. The second-order valence-corrected chi connectivity index (χ2v) is 1.46. The molecule has 0 aliphatic rings. The van der Waals surface area contributed by atoms with Gasteiger partial charge in [0.2, 0.25) is 0 Å². The van der Waals surface area contributed by atoms with Crippen LogP contribution in [0.3, 0.4) is 0 Å². The Kier molecular flexibility index (Phi) is 10.6. The van der Waals surface area contributed by atoms with Crippen LogP contribution in [0.25, 0.3) is 0 Å². The molecule has 0 saturated carbocycles. The Bertz CT molecular complexity index is 143. The summed E-state index contributed by atoms with van der Waals surface area (Å²) in [6.07, 6.45) is 1.12. The molecule has 12 heavy (non-hydrogen) atoms. The van der Waals surface area contributed by atoms with Crippen LogP contribution in [0.5, 0.6) is 0 Å². The van der Waals surface area contributed by atoms with E-state index in [0.29, 0.717) is 12.2 Å². The highest BCUT2D eigenvalue weighted by Gasteiger charge is 1.88. The SMILES string of the molecule is O=C(O)/C=C/C(=O)O.OCCO. The highest BCUT2D eigenvalue weighted by atomic mass is 16.4. The Morgan fingerprint density at radius 3 is 1.25 bits per heavy atom. The number of aliphatic carboxylic acids is 2. The molecule has 0 atom stereocenters. The first kappa shape index (κ1) is 13.2. The lowest BCUT2D eigenvalue weighted by Gasteiger charge is -1.74. The molecule has 0 aromatic heterocycles. The van der Waals surface area contributed by atoms with Gasteiger partial charge in [0.15, 0.2) is 0 Å². The monoisotopic (exact) mass is 178 g/mol. The van der Waals surface area contributed by atoms with E-state index in [0.717, 1.165) is 0 Å². The van der Waals surface area contributed by atoms with Crippen molar-refractivity contribution in [2.75, 3.05) is 13.2 Å². The molecule has 0 saturated heterocycles. The molecule has 6 nitrogen and oxygen atoms in total. The fraction of sp³-hybridized carbons (Fsp3) is 0.333. The topological polar surface area (TPSA) is 115 Å². The molecular formula is C6H10O6. The minimum Gasteiger partial charge on any atom is -0.478 e. The number of carbonyl (C=O) groups is 2. The largest absolute Gasteiger partial charge is 0.478 e. The van der Waals surface area contributed by atoms with Crippen molar-refractivity contribution in [3.05, 3.63) is 12.2 Å². The van der Waals surface area contributed by atoms with Crippen molar-refractivity contribution in [1.82, 2.24) is 0 Å². The van der Waals surface area contributed by atoms with Gasteiger partial charge >= 0.3 is 11.9 Å². The van der Waals surface area contributed by atoms with Crippen LogP contribution in [-0.2, 0) is 9.59 Å². The third-order valence-corrected chi connectivity index (χ3v) is 0.468. The molecule has 0 unspecified atom stereocenters. The summed E-state index contributed by atoms with van der Waals surface area (Å²) in [6.45, 7) is -0.250. The molecule has 0 aliphatic carbocycles. The number of rotatable bonds is 3. The average molecular weight is 178 g/mol. The number of aliphatic hydroxyl groups is 2. The Morgan fingerprint density at radius 2 is 1.17 bits per heavy atom. The van der Waals surface area contributed by atoms with Crippen LogP contribution >= 0.6 is 0 Å². The van der Waals surface area contributed by atoms with E-state index < -0.39 is 11.9 Å². The summed E-state index contributed by atoms with van der Waals surface area (Å²) in [5.41, 5.74) is 0. The molecule has 0 rings (SSSR count). The van der Waals surface area contributed by atoms with Crippen molar-refractivity contribution in [2.45, 2.75) is 0 Å². The van der Waals surface area contributed by atoms with E-state index in [4.69, 9.17) is 20.4 Å². The summed E-state index contributed by atoms with van der Waals surface area (Å²) in [6, 6.07) is 0. The molecule has 0 amide bonds. The molecule has 0 fully saturated rings. The van der Waals surface area contributed by atoms with Crippen molar-refractivity contribution in [3.63, 3.8) is 0 Å². The van der Waals surface area contributed by atoms with Crippen LogP contribution in [0.2, 0.25) is 0 Å². The van der Waals surface area contributed by atoms with Crippen molar-refractivity contribution < 1.29 is 30.0 Å². The zero-order valence-corrected chi connectivity index (χ0v) is 6.17. The van der Waals surface area contributed by atoms with Gasteiger partial charge in [-0.25, -0.2) is 9.59 Å². The molecule has 0 aromatic rings. The maximum Gasteiger partial charge on any atom is 0.328 e. The Labute approximate surface area is 68.4 Å². The van der Waals surface area contributed by atoms with Gasteiger partial charge in [-0.1, -0.05) is 0 Å². The first-order valence-corrected chi connectivity index (χ1v) is 2.90. The molecule has 0 aromatic carbocycles. The van der Waals surface area contributed by atoms with E-state index in [2.05, 4.69) is 0 Å². The third-order valence-electron chi connectivity index (χ3n) is 0.468. The summed E-state index contributed by atoms with van der Waals surface area (Å²) in [4.78, 5) is 19.1. The van der Waals surface area contributed by atoms with Gasteiger partial charge in [0.05, 0.1) is 13.2 Å². The number of hydrogen-bond acceptors (Lipinski definition) is 4. The van der Waals surface area contributed by atoms with Crippen LogP contribution in [0.4, 0.5) is 0 Å². The number of aliphatic hydroxyl groups excluding tert-OH is 2. The van der Waals surface area contributed by atoms with Gasteiger partial charge in [0.1, 0.15) is 0 Å². The Hall–Kier alpha value is -1.40. The molecule has 4 N–H and O–H groups in total. The minimum atomic E-state index is -1.26. The normalized spacial score (nSPS) is 8.83. The van der Waals surface area contributed by atoms with Crippen molar-refractivity contribution in [1.29, 1.82) is 0 Å². The van der Waals surface area contributed by atoms with E-state index in [1.807, 2.05) is 0 Å². The zero-order valence-electron chi connectivity index (χ0n) is 6.17. The van der Waals surface area contributed by atoms with Gasteiger partial charge in [0.25, 0.3) is 0 Å². The molecule has 0 aliphatic heterocycles. The van der Waals surface area contributed by atoms with Crippen LogP contribution in [-0.4, -0.2) is 45.6 Å². The number of carboxylic acids is 2. The summed E-state index contributed by atoms with van der Waals surface area (Å²) >= 11 is 0. The van der Waals surface area contributed by atoms with E-state index in [9.17, 15) is 9.59 Å². The van der Waals surface area contributed by atoms with Gasteiger partial charge in [-0.3, -0.25) is 0 Å². The lowest BCUT2D eigenvalue weighted by Crippen LogP contribution is -1.91. The quantitative estimate of drug-likeness (QED) is 0.398. The zero-order chi connectivity index (χ0) is 9.98. The molecular weight excluding hydrogens is 168 g/mol. The van der Waals surface area contributed by atoms with E-state index in [1.165, 1.54) is 0 Å². The molecule has 0 radical (unpaired) electrons. The Morgan fingerprint density at radius 1 is 0.917 bits per heavy atom. The van der Waals surface area contributed by atoms with Crippen LogP contribution in [0.1, 0.15) is 0 Å². The lowest BCUT2D eigenvalue weighted by molar-refractivity contribution is -0.134. The highest BCUT2D eigenvalue weighted by molar-refractivity contribution is 5.89. The second-order valence-electron chi connectivity index (χ2n) is 1.46. The molecule has 0 heterocycles. The standard InChI is InChI=1S/C4H4O4.C2H6O2/c5-3(6)1-2-4(7)8;3-1-2-4/h1-2H,(H,5,6)(H,7,8);3-4H,1-2H2/b2-1+;. The smallest absolute Gasteiger partial charge is 0.328 e. The summed E-state index contributed by atoms with van der Waals surface area (Å²) in [5.74, 6) is -2.51. The second kappa shape index (κ2) is 9.60. The van der Waals surface area contributed by atoms with Crippen molar-refractivity contribution >= 4 is 11.9 Å². The molecule has 0 spiro atoms. The van der Waals surface area contributed by atoms with Gasteiger partial charge in [0, 0.05) is 12.2 Å². The van der Waals surface area contributed by atoms with E-state index >= 15 is 0 Å². The van der Waals surface area contributed by atoms with Crippen molar-refractivity contribution in [2.24, 2.45) is 0 Å². The number of carboxylic acid groups (broad SMARTS) is 2.